The third kappa shape index (κ3) is 3.69. The lowest BCUT2D eigenvalue weighted by molar-refractivity contribution is -0.139. The Morgan fingerprint density at radius 3 is 2.36 bits per heavy atom. The number of nitrogens with zero attached hydrogens (tertiary/aromatic N) is 3. The second kappa shape index (κ2) is 7.69. The van der Waals surface area contributed by atoms with Crippen LogP contribution in [0.3, 0.4) is 0 Å². The minimum absolute atomic E-state index is 0.0612. The first-order valence-electron chi connectivity index (χ1n) is 10.0. The van der Waals surface area contributed by atoms with Crippen molar-refractivity contribution >= 4 is 17.5 Å². The van der Waals surface area contributed by atoms with E-state index in [0.29, 0.717) is 11.9 Å². The first-order valence-corrected chi connectivity index (χ1v) is 10.4. The summed E-state index contributed by atoms with van der Waals surface area (Å²) in [7, 11) is 0. The molecule has 142 valence electrons. The van der Waals surface area contributed by atoms with Gasteiger partial charge in [-0.15, -0.1) is 11.6 Å². The second-order valence-electron chi connectivity index (χ2n) is 8.24. The topological polar surface area (TPSA) is 64.8 Å². The number of carbonyl (C=O) groups is 1. The Hall–Kier alpha value is -0.400. The molecule has 0 aliphatic carbocycles. The quantitative estimate of drug-likeness (QED) is 0.666. The van der Waals surface area contributed by atoms with E-state index in [4.69, 9.17) is 17.3 Å². The Morgan fingerprint density at radius 1 is 0.960 bits per heavy atom. The van der Waals surface area contributed by atoms with Crippen LogP contribution in [0.5, 0.6) is 0 Å². The molecule has 0 aromatic carbocycles. The minimum atomic E-state index is 0.0612. The number of fused-ring (bicyclic) bond motifs is 4. The molecule has 1 amide bonds. The normalized spacial score (nSPS) is 40.9. The van der Waals surface area contributed by atoms with E-state index in [9.17, 15) is 4.79 Å². The van der Waals surface area contributed by atoms with E-state index in [0.717, 1.165) is 78.0 Å². The Kier molecular flexibility index (Phi) is 5.53. The molecule has 0 saturated carbocycles. The van der Waals surface area contributed by atoms with Crippen LogP contribution in [0, 0.1) is 5.92 Å². The highest BCUT2D eigenvalue weighted by Gasteiger charge is 2.39. The molecule has 7 heteroatoms. The van der Waals surface area contributed by atoms with Gasteiger partial charge < -0.3 is 20.9 Å². The van der Waals surface area contributed by atoms with Crippen LogP contribution in [0.4, 0.5) is 0 Å². The molecule has 3 atom stereocenters. The van der Waals surface area contributed by atoms with Gasteiger partial charge in [-0.3, -0.25) is 9.69 Å². The molecule has 5 aliphatic rings. The van der Waals surface area contributed by atoms with Gasteiger partial charge in [0.15, 0.2) is 0 Å². The third-order valence-electron chi connectivity index (χ3n) is 6.77. The number of carbonyl (C=O) groups excluding carboxylic acids is 1. The largest absolute Gasteiger partial charge is 0.338 e. The fourth-order valence-electron chi connectivity index (χ4n) is 5.25. The summed E-state index contributed by atoms with van der Waals surface area (Å²) < 4.78 is 0. The molecular weight excluding hydrogens is 338 g/mol. The summed E-state index contributed by atoms with van der Waals surface area (Å²) in [5.74, 6) is 0.598. The molecule has 3 unspecified atom stereocenters. The summed E-state index contributed by atoms with van der Waals surface area (Å²) in [5, 5.41) is 3.36. The molecule has 5 heterocycles. The molecular formula is C18H32ClN5O. The van der Waals surface area contributed by atoms with Crippen molar-refractivity contribution < 1.29 is 4.79 Å². The Bertz CT molecular complexity index is 466. The van der Waals surface area contributed by atoms with Gasteiger partial charge in [-0.2, -0.15) is 0 Å². The number of nitrogens with one attached hydrogen (secondary N) is 1. The summed E-state index contributed by atoms with van der Waals surface area (Å²) >= 11 is 6.53. The van der Waals surface area contributed by atoms with Gasteiger partial charge in [-0.25, -0.2) is 0 Å². The Labute approximate surface area is 156 Å². The molecule has 5 saturated heterocycles. The van der Waals surface area contributed by atoms with Gasteiger partial charge in [0.05, 0.1) is 5.38 Å². The lowest BCUT2D eigenvalue weighted by atomic mass is 9.90. The van der Waals surface area contributed by atoms with Crippen molar-refractivity contribution in [1.29, 1.82) is 0 Å². The molecule has 5 aliphatic heterocycles. The van der Waals surface area contributed by atoms with Gasteiger partial charge in [0.25, 0.3) is 0 Å². The number of nitrogens with two attached hydrogens (primary N) is 1. The number of likely N-dealkylation sites (tertiary alicyclic amines) is 1. The van der Waals surface area contributed by atoms with Crippen LogP contribution < -0.4 is 11.1 Å². The second-order valence-corrected chi connectivity index (χ2v) is 8.80. The van der Waals surface area contributed by atoms with Crippen molar-refractivity contribution in [2.24, 2.45) is 11.7 Å². The van der Waals surface area contributed by atoms with Crippen LogP contribution in [0.15, 0.2) is 0 Å². The van der Waals surface area contributed by atoms with E-state index in [2.05, 4.69) is 20.0 Å². The molecule has 0 aromatic heterocycles. The van der Waals surface area contributed by atoms with E-state index >= 15 is 0 Å². The fourth-order valence-corrected chi connectivity index (χ4v) is 5.71. The van der Waals surface area contributed by atoms with E-state index in [1.54, 1.807) is 0 Å². The summed E-state index contributed by atoms with van der Waals surface area (Å²) in [6.45, 7) is 7.86. The maximum Gasteiger partial charge on any atom is 0.226 e. The van der Waals surface area contributed by atoms with Gasteiger partial charge >= 0.3 is 0 Å². The zero-order valence-corrected chi connectivity index (χ0v) is 15.8. The lowest BCUT2D eigenvalue weighted by Gasteiger charge is -2.45. The van der Waals surface area contributed by atoms with Gasteiger partial charge in [0.2, 0.25) is 5.91 Å². The van der Waals surface area contributed by atoms with E-state index in [1.807, 2.05) is 0 Å². The predicted octanol–water partition coefficient (Wildman–Crippen LogP) is -0.0885. The van der Waals surface area contributed by atoms with Crippen molar-refractivity contribution in [1.82, 2.24) is 20.0 Å². The van der Waals surface area contributed by atoms with Crippen LogP contribution in [0.25, 0.3) is 0 Å². The summed E-state index contributed by atoms with van der Waals surface area (Å²) in [6, 6.07) is 0.800. The molecule has 0 radical (unpaired) electrons. The highest BCUT2D eigenvalue weighted by atomic mass is 35.5. The summed E-state index contributed by atoms with van der Waals surface area (Å²) in [5.41, 5.74) is 6.30. The maximum absolute atomic E-state index is 13.1. The average molecular weight is 370 g/mol. The van der Waals surface area contributed by atoms with E-state index in [-0.39, 0.29) is 23.4 Å². The number of halogens is 1. The maximum atomic E-state index is 13.1. The molecule has 5 rings (SSSR count). The van der Waals surface area contributed by atoms with Crippen molar-refractivity contribution in [2.45, 2.75) is 49.2 Å². The van der Waals surface area contributed by atoms with Crippen LogP contribution in [-0.2, 0) is 4.79 Å². The van der Waals surface area contributed by atoms with Crippen molar-refractivity contribution in [3.05, 3.63) is 0 Å². The monoisotopic (exact) mass is 369 g/mol. The molecule has 2 bridgehead atoms. The minimum Gasteiger partial charge on any atom is -0.338 e. The molecule has 0 spiro atoms. The standard InChI is InChI=1S/C18H32ClN5O/c19-15-11-21-12-16(20)17(15)23-7-1-13(2-8-23)18(25)24-10-9-22-5-3-14(24)4-6-22/h13-17,21H,1-12,20H2. The number of hydrogen-bond donors (Lipinski definition) is 2. The molecule has 5 fully saturated rings. The van der Waals surface area contributed by atoms with Gasteiger partial charge in [0.1, 0.15) is 0 Å². The van der Waals surface area contributed by atoms with Crippen LogP contribution in [0.1, 0.15) is 25.7 Å². The van der Waals surface area contributed by atoms with Crippen molar-refractivity contribution in [3.8, 4) is 0 Å². The lowest BCUT2D eigenvalue weighted by Crippen LogP contribution is -2.63. The third-order valence-corrected chi connectivity index (χ3v) is 7.18. The molecule has 0 aromatic rings. The van der Waals surface area contributed by atoms with Gasteiger partial charge in [0, 0.05) is 63.3 Å². The van der Waals surface area contributed by atoms with Crippen LogP contribution in [0.2, 0.25) is 0 Å². The zero-order valence-electron chi connectivity index (χ0n) is 15.1. The van der Waals surface area contributed by atoms with Crippen molar-refractivity contribution in [2.75, 3.05) is 52.4 Å². The molecule has 25 heavy (non-hydrogen) atoms. The SMILES string of the molecule is NC1CNCC(Cl)C1N1CCC(C(=O)N2CCN3CCC2CC3)CC1. The van der Waals surface area contributed by atoms with Crippen LogP contribution >= 0.6 is 11.6 Å². The molecule has 3 N–H and O–H groups in total. The van der Waals surface area contributed by atoms with Gasteiger partial charge in [-0.05, 0) is 38.8 Å². The fraction of sp³-hybridized carbons (Fsp3) is 0.944. The van der Waals surface area contributed by atoms with Crippen molar-refractivity contribution in [3.63, 3.8) is 0 Å². The highest BCUT2D eigenvalue weighted by Crippen LogP contribution is 2.28. The van der Waals surface area contributed by atoms with Gasteiger partial charge in [-0.1, -0.05) is 0 Å². The van der Waals surface area contributed by atoms with Crippen LogP contribution in [-0.4, -0.2) is 96.5 Å². The number of rotatable bonds is 2. The predicted molar refractivity (Wildman–Crippen MR) is 99.7 cm³/mol. The Morgan fingerprint density at radius 2 is 1.68 bits per heavy atom. The number of piperidine rings is 3. The first kappa shape index (κ1) is 18.0. The number of hydrogen-bond acceptors (Lipinski definition) is 5. The van der Waals surface area contributed by atoms with E-state index < -0.39 is 0 Å². The molecule has 6 nitrogen and oxygen atoms in total. The highest BCUT2D eigenvalue weighted by molar-refractivity contribution is 6.21. The summed E-state index contributed by atoms with van der Waals surface area (Å²) in [4.78, 5) is 20.3. The average Bonchev–Trinajstić information content (AvgIpc) is 2.95. The number of amides is 1. The number of alkyl halides is 1. The Balaban J connectivity index is 1.34. The summed E-state index contributed by atoms with van der Waals surface area (Å²) in [6.07, 6.45) is 4.21. The van der Waals surface area contributed by atoms with E-state index in [1.165, 1.54) is 0 Å². The smallest absolute Gasteiger partial charge is 0.226 e. The zero-order chi connectivity index (χ0) is 17.4. The first-order chi connectivity index (χ1) is 12.1.